The zero-order chi connectivity index (χ0) is 21.1. The number of methoxy groups -OCH3 is 1. The first-order chi connectivity index (χ1) is 14.0. The number of rotatable bonds is 9. The first kappa shape index (κ1) is 23.9. The van der Waals surface area contributed by atoms with Gasteiger partial charge in [0.2, 0.25) is 5.91 Å². The minimum Gasteiger partial charge on any atom is -0.383 e. The molecule has 2 fully saturated rings. The molecule has 2 N–H and O–H groups in total. The third-order valence-electron chi connectivity index (χ3n) is 5.64. The van der Waals surface area contributed by atoms with E-state index >= 15 is 0 Å². The Morgan fingerprint density at radius 3 is 2.38 bits per heavy atom. The molecule has 8 heteroatoms. The molecule has 0 aromatic carbocycles. The van der Waals surface area contributed by atoms with Crippen LogP contribution in [0.4, 0.5) is 0 Å². The van der Waals surface area contributed by atoms with E-state index < -0.39 is 0 Å². The molecule has 2 heterocycles. The van der Waals surface area contributed by atoms with E-state index in [1.807, 2.05) is 13.8 Å². The monoisotopic (exact) mass is 410 g/mol. The lowest BCUT2D eigenvalue weighted by Gasteiger charge is -2.36. The van der Waals surface area contributed by atoms with E-state index in [2.05, 4.69) is 32.3 Å². The Labute approximate surface area is 177 Å². The molecule has 0 spiro atoms. The van der Waals surface area contributed by atoms with Crippen LogP contribution in [-0.4, -0.2) is 112 Å². The summed E-state index contributed by atoms with van der Waals surface area (Å²) < 4.78 is 5.19. The van der Waals surface area contributed by atoms with Gasteiger partial charge in [0.15, 0.2) is 5.96 Å². The summed E-state index contributed by atoms with van der Waals surface area (Å²) in [6.45, 7) is 16.2. The van der Waals surface area contributed by atoms with Crippen molar-refractivity contribution in [2.24, 2.45) is 10.9 Å². The zero-order valence-electron chi connectivity index (χ0n) is 19.0. The maximum Gasteiger partial charge on any atom is 0.234 e. The molecular formula is C21H42N6O2. The zero-order valence-corrected chi connectivity index (χ0v) is 19.0. The number of ether oxygens (including phenoxy) is 1. The molecule has 2 rings (SSSR count). The Kier molecular flexibility index (Phi) is 10.7. The minimum absolute atomic E-state index is 0.117. The number of guanidine groups is 1. The first-order valence-electron chi connectivity index (χ1n) is 11.3. The van der Waals surface area contributed by atoms with E-state index in [9.17, 15) is 4.79 Å². The molecule has 2 saturated heterocycles. The maximum atomic E-state index is 12.0. The van der Waals surface area contributed by atoms with Crippen molar-refractivity contribution >= 4 is 11.9 Å². The van der Waals surface area contributed by atoms with Gasteiger partial charge in [-0.3, -0.25) is 14.7 Å². The van der Waals surface area contributed by atoms with Crippen LogP contribution in [0.5, 0.6) is 0 Å². The van der Waals surface area contributed by atoms with Crippen molar-refractivity contribution in [3.05, 3.63) is 0 Å². The Morgan fingerprint density at radius 2 is 1.79 bits per heavy atom. The number of likely N-dealkylation sites (tertiary alicyclic amines) is 1. The van der Waals surface area contributed by atoms with E-state index in [1.54, 1.807) is 7.11 Å². The number of hydrogen-bond acceptors (Lipinski definition) is 5. The summed E-state index contributed by atoms with van der Waals surface area (Å²) in [5, 5.41) is 6.44. The minimum atomic E-state index is 0.117. The fraction of sp³-hybridized carbons (Fsp3) is 0.905. The van der Waals surface area contributed by atoms with Crippen LogP contribution in [0.25, 0.3) is 0 Å². The molecule has 1 amide bonds. The summed E-state index contributed by atoms with van der Waals surface area (Å²) in [5.74, 6) is 1.81. The van der Waals surface area contributed by atoms with Gasteiger partial charge in [0, 0.05) is 59.0 Å². The molecule has 2 aliphatic heterocycles. The Bertz CT molecular complexity index is 497. The predicted octanol–water partition coefficient (Wildman–Crippen LogP) is 0.453. The first-order valence-corrected chi connectivity index (χ1v) is 11.3. The molecule has 0 aliphatic carbocycles. The number of carbonyl (C=O) groups excluding carboxylic acids is 1. The highest BCUT2D eigenvalue weighted by Gasteiger charge is 2.23. The van der Waals surface area contributed by atoms with Crippen LogP contribution >= 0.6 is 0 Å². The van der Waals surface area contributed by atoms with Crippen LogP contribution in [0.3, 0.4) is 0 Å². The van der Waals surface area contributed by atoms with Gasteiger partial charge in [-0.2, -0.15) is 0 Å². The summed E-state index contributed by atoms with van der Waals surface area (Å²) in [6, 6.07) is 0.197. The van der Waals surface area contributed by atoms with E-state index in [1.165, 1.54) is 12.8 Å². The molecule has 29 heavy (non-hydrogen) atoms. The molecule has 0 atom stereocenters. The standard InChI is InChI=1S/C21H42N6O2/c1-5-22-21(23-16-19-6-8-25(9-7-19)14-15-29-4)27-12-10-26(11-13-27)17-20(28)24-18(2)3/h18-19H,5-17H2,1-4H3,(H,22,23)(H,24,28). The number of piperidine rings is 1. The van der Waals surface area contributed by atoms with Gasteiger partial charge in [0.1, 0.15) is 0 Å². The third kappa shape index (κ3) is 8.88. The highest BCUT2D eigenvalue weighted by molar-refractivity contribution is 5.80. The molecule has 0 radical (unpaired) electrons. The Morgan fingerprint density at radius 1 is 1.10 bits per heavy atom. The predicted molar refractivity (Wildman–Crippen MR) is 118 cm³/mol. The molecule has 2 aliphatic rings. The van der Waals surface area contributed by atoms with Gasteiger partial charge in [0.25, 0.3) is 0 Å². The fourth-order valence-corrected chi connectivity index (χ4v) is 3.94. The van der Waals surface area contributed by atoms with Crippen LogP contribution in [0, 0.1) is 5.92 Å². The van der Waals surface area contributed by atoms with Gasteiger partial charge in [-0.25, -0.2) is 0 Å². The van der Waals surface area contributed by atoms with E-state index in [4.69, 9.17) is 9.73 Å². The Balaban J connectivity index is 1.76. The number of piperazine rings is 1. The molecule has 168 valence electrons. The fourth-order valence-electron chi connectivity index (χ4n) is 3.94. The van der Waals surface area contributed by atoms with Crippen LogP contribution < -0.4 is 10.6 Å². The number of amides is 1. The van der Waals surface area contributed by atoms with Crippen molar-refractivity contribution in [1.82, 2.24) is 25.3 Å². The number of carbonyl (C=O) groups is 1. The van der Waals surface area contributed by atoms with Gasteiger partial charge < -0.3 is 25.2 Å². The van der Waals surface area contributed by atoms with Gasteiger partial charge in [0.05, 0.1) is 13.2 Å². The van der Waals surface area contributed by atoms with Crippen LogP contribution in [0.2, 0.25) is 0 Å². The second-order valence-electron chi connectivity index (χ2n) is 8.46. The van der Waals surface area contributed by atoms with Crippen molar-refractivity contribution in [3.8, 4) is 0 Å². The average molecular weight is 411 g/mol. The molecular weight excluding hydrogens is 368 g/mol. The van der Waals surface area contributed by atoms with E-state index in [0.717, 1.165) is 71.5 Å². The highest BCUT2D eigenvalue weighted by atomic mass is 16.5. The lowest BCUT2D eigenvalue weighted by Crippen LogP contribution is -2.54. The normalized spacial score (nSPS) is 20.3. The summed E-state index contributed by atoms with van der Waals surface area (Å²) in [5.41, 5.74) is 0. The van der Waals surface area contributed by atoms with Crippen molar-refractivity contribution in [2.75, 3.05) is 79.2 Å². The third-order valence-corrected chi connectivity index (χ3v) is 5.64. The quantitative estimate of drug-likeness (QED) is 0.425. The summed E-state index contributed by atoms with van der Waals surface area (Å²) in [4.78, 5) is 24.0. The van der Waals surface area contributed by atoms with Crippen molar-refractivity contribution in [2.45, 2.75) is 39.7 Å². The smallest absolute Gasteiger partial charge is 0.234 e. The van der Waals surface area contributed by atoms with E-state index in [-0.39, 0.29) is 11.9 Å². The molecule has 0 aromatic heterocycles. The largest absolute Gasteiger partial charge is 0.383 e. The average Bonchev–Trinajstić information content (AvgIpc) is 2.70. The van der Waals surface area contributed by atoms with Gasteiger partial charge in [-0.15, -0.1) is 0 Å². The van der Waals surface area contributed by atoms with Crippen LogP contribution in [0.1, 0.15) is 33.6 Å². The topological polar surface area (TPSA) is 72.4 Å². The van der Waals surface area contributed by atoms with Crippen LogP contribution in [-0.2, 0) is 9.53 Å². The number of aliphatic imine (C=N–C) groups is 1. The lowest BCUT2D eigenvalue weighted by atomic mass is 9.97. The lowest BCUT2D eigenvalue weighted by molar-refractivity contribution is -0.123. The number of hydrogen-bond donors (Lipinski definition) is 2. The molecule has 8 nitrogen and oxygen atoms in total. The highest BCUT2D eigenvalue weighted by Crippen LogP contribution is 2.17. The van der Waals surface area contributed by atoms with Gasteiger partial charge in [-0.1, -0.05) is 0 Å². The maximum absolute atomic E-state index is 12.0. The molecule has 0 saturated carbocycles. The second-order valence-corrected chi connectivity index (χ2v) is 8.46. The molecule has 0 bridgehead atoms. The summed E-state index contributed by atoms with van der Waals surface area (Å²) in [7, 11) is 1.77. The summed E-state index contributed by atoms with van der Waals surface area (Å²) in [6.07, 6.45) is 2.43. The summed E-state index contributed by atoms with van der Waals surface area (Å²) >= 11 is 0. The SMILES string of the molecule is CCNC(=NCC1CCN(CCOC)CC1)N1CCN(CC(=O)NC(C)C)CC1. The Hall–Kier alpha value is -1.38. The van der Waals surface area contributed by atoms with Crippen molar-refractivity contribution < 1.29 is 9.53 Å². The molecule has 0 aromatic rings. The second kappa shape index (κ2) is 13.0. The van der Waals surface area contributed by atoms with Gasteiger partial charge >= 0.3 is 0 Å². The van der Waals surface area contributed by atoms with E-state index in [0.29, 0.717) is 12.5 Å². The number of nitrogens with one attached hydrogen (secondary N) is 2. The van der Waals surface area contributed by atoms with Crippen LogP contribution in [0.15, 0.2) is 4.99 Å². The van der Waals surface area contributed by atoms with Gasteiger partial charge in [-0.05, 0) is 52.6 Å². The van der Waals surface area contributed by atoms with Crippen molar-refractivity contribution in [1.29, 1.82) is 0 Å². The molecule has 0 unspecified atom stereocenters. The number of nitrogens with zero attached hydrogens (tertiary/aromatic N) is 4. The van der Waals surface area contributed by atoms with Crippen molar-refractivity contribution in [3.63, 3.8) is 0 Å².